The molecule has 0 N–H and O–H groups in total. The van der Waals surface area contributed by atoms with Gasteiger partial charge in [0.1, 0.15) is 0 Å². The highest BCUT2D eigenvalue weighted by molar-refractivity contribution is 7.58. The summed E-state index contributed by atoms with van der Waals surface area (Å²) < 4.78 is 31.1. The summed E-state index contributed by atoms with van der Waals surface area (Å²) in [7, 11) is -10.9. The first-order valence-electron chi connectivity index (χ1n) is 13.9. The van der Waals surface area contributed by atoms with Crippen LogP contribution in [0.25, 0.3) is 0 Å². The highest BCUT2D eigenvalue weighted by Gasteiger charge is 2.59. The molecule has 1 saturated carbocycles. The van der Waals surface area contributed by atoms with E-state index in [1.807, 2.05) is 0 Å². The van der Waals surface area contributed by atoms with Crippen molar-refractivity contribution in [3.05, 3.63) is 58.2 Å². The van der Waals surface area contributed by atoms with Crippen molar-refractivity contribution in [3.63, 3.8) is 0 Å². The Hall–Kier alpha value is -1.04. The Bertz CT molecular complexity index is 1040. The van der Waals surface area contributed by atoms with Crippen LogP contribution < -0.4 is 14.7 Å². The highest BCUT2D eigenvalue weighted by Crippen LogP contribution is 2.64. The Balaban J connectivity index is 2.85. The van der Waals surface area contributed by atoms with Crippen molar-refractivity contribution in [1.29, 1.82) is 0 Å². The van der Waals surface area contributed by atoms with Gasteiger partial charge in [0, 0.05) is 0 Å². The Morgan fingerprint density at radius 3 is 1.69 bits per heavy atom. The molecule has 0 amide bonds. The van der Waals surface area contributed by atoms with Crippen molar-refractivity contribution in [2.24, 2.45) is 17.3 Å². The Morgan fingerprint density at radius 2 is 1.21 bits per heavy atom. The number of phosphoric ester groups is 1. The van der Waals surface area contributed by atoms with Crippen LogP contribution in [0.4, 0.5) is 0 Å². The van der Waals surface area contributed by atoms with Crippen molar-refractivity contribution in [2.45, 2.75) is 107 Å². The van der Waals surface area contributed by atoms with E-state index in [-0.39, 0.29) is 23.9 Å². The molecule has 0 heterocycles. The Kier molecular flexibility index (Phi) is 15.1. The van der Waals surface area contributed by atoms with Crippen LogP contribution in [0.2, 0.25) is 0 Å². The average molecular weight is 584 g/mol. The van der Waals surface area contributed by atoms with Crippen molar-refractivity contribution in [2.75, 3.05) is 6.61 Å². The molecule has 1 unspecified atom stereocenters. The lowest BCUT2D eigenvalue weighted by Crippen LogP contribution is -2.20. The predicted molar refractivity (Wildman–Crippen MR) is 154 cm³/mol. The molecule has 0 aliphatic heterocycles. The molecule has 224 valence electrons. The largest absolute Gasteiger partial charge is 0.790 e. The summed E-state index contributed by atoms with van der Waals surface area (Å²) in [5.74, 6) is -0.0392. The molecule has 1 aliphatic carbocycles. The Labute approximate surface area is 237 Å². The van der Waals surface area contributed by atoms with E-state index in [1.165, 1.54) is 27.9 Å². The second-order valence-corrected chi connectivity index (χ2v) is 14.4. The van der Waals surface area contributed by atoms with E-state index in [9.17, 15) is 23.8 Å². The zero-order valence-electron chi connectivity index (χ0n) is 25.2. The van der Waals surface area contributed by atoms with Crippen LogP contribution in [0, 0.1) is 17.3 Å². The molecule has 0 aromatic rings. The molecule has 0 aromatic carbocycles. The van der Waals surface area contributed by atoms with E-state index >= 15 is 0 Å². The third-order valence-electron chi connectivity index (χ3n) is 7.40. The summed E-state index contributed by atoms with van der Waals surface area (Å²) >= 11 is 0. The highest BCUT2D eigenvalue weighted by atomic mass is 31.3. The molecule has 1 fully saturated rings. The minimum Gasteiger partial charge on any atom is -0.790 e. The van der Waals surface area contributed by atoms with Gasteiger partial charge in [0.05, 0.1) is 14.4 Å². The van der Waals surface area contributed by atoms with Crippen LogP contribution in [0.5, 0.6) is 0 Å². The van der Waals surface area contributed by atoms with E-state index in [4.69, 9.17) is 4.52 Å². The van der Waals surface area contributed by atoms with Gasteiger partial charge in [-0.05, 0) is 117 Å². The van der Waals surface area contributed by atoms with Gasteiger partial charge in [-0.15, -0.1) is 0 Å². The molecule has 7 nitrogen and oxygen atoms in total. The maximum Gasteiger partial charge on any atom is 0.271 e. The Morgan fingerprint density at radius 1 is 0.744 bits per heavy atom. The summed E-state index contributed by atoms with van der Waals surface area (Å²) in [4.78, 5) is 33.4. The summed E-state index contributed by atoms with van der Waals surface area (Å²) in [6.45, 7) is 16.6. The number of hydrogen-bond donors (Lipinski definition) is 0. The molecule has 0 bridgehead atoms. The maximum absolute atomic E-state index is 11.9. The first kappa shape index (κ1) is 36.0. The fourth-order valence-corrected chi connectivity index (χ4v) is 6.43. The second kappa shape index (κ2) is 16.4. The van der Waals surface area contributed by atoms with Gasteiger partial charge in [0.25, 0.3) is 7.82 Å². The monoisotopic (exact) mass is 583 g/mol. The standard InChI is InChI=1S/C30H52O7P2/c1-23(2)13-9-15-25(5)17-11-18-27(7)21-28-29(22-36-39(34,35)37-38(31,32)33)30(28,8)20-12-19-26(6)16-10-14-24(3)4/h13-14,17,19,21,28-29H,9-12,15-16,18,20,22H2,1-8H3,(H,34,35)(H2,31,32,33)/p-3/b25-17+,26-19+,27-21+/t28-,29-,30-/m0/s1. The number of allylic oxidation sites excluding steroid dienone is 10. The molecule has 9 heteroatoms. The number of phosphoric acid groups is 2. The van der Waals surface area contributed by atoms with Gasteiger partial charge in [-0.2, -0.15) is 0 Å². The molecule has 1 rings (SSSR count). The molecule has 0 saturated heterocycles. The van der Waals surface area contributed by atoms with Gasteiger partial charge in [-0.3, -0.25) is 8.88 Å². The smallest absolute Gasteiger partial charge is 0.271 e. The zero-order chi connectivity index (χ0) is 29.9. The minimum atomic E-state index is -5.71. The molecule has 0 radical (unpaired) electrons. The van der Waals surface area contributed by atoms with Crippen LogP contribution in [0.15, 0.2) is 58.2 Å². The van der Waals surface area contributed by atoms with Crippen molar-refractivity contribution in [3.8, 4) is 0 Å². The molecule has 0 spiro atoms. The molecule has 1 aliphatic rings. The van der Waals surface area contributed by atoms with Crippen molar-refractivity contribution >= 4 is 15.6 Å². The van der Waals surface area contributed by atoms with E-state index in [0.29, 0.717) is 0 Å². The number of hydrogen-bond acceptors (Lipinski definition) is 7. The van der Waals surface area contributed by atoms with Gasteiger partial charge in [0.15, 0.2) is 0 Å². The molecule has 4 atom stereocenters. The van der Waals surface area contributed by atoms with Crippen LogP contribution in [-0.2, 0) is 18.0 Å². The maximum atomic E-state index is 11.9. The molecule has 39 heavy (non-hydrogen) atoms. The van der Waals surface area contributed by atoms with Crippen LogP contribution in [0.3, 0.4) is 0 Å². The van der Waals surface area contributed by atoms with E-state index in [1.54, 1.807) is 0 Å². The normalized spacial score (nSPS) is 23.8. The lowest BCUT2D eigenvalue weighted by Gasteiger charge is -2.35. The summed E-state index contributed by atoms with van der Waals surface area (Å²) in [5, 5.41) is 0. The summed E-state index contributed by atoms with van der Waals surface area (Å²) in [6.07, 6.45) is 18.8. The second-order valence-electron chi connectivity index (χ2n) is 11.7. The van der Waals surface area contributed by atoms with Gasteiger partial charge >= 0.3 is 0 Å². The van der Waals surface area contributed by atoms with E-state index in [2.05, 4.69) is 90.1 Å². The summed E-state index contributed by atoms with van der Waals surface area (Å²) in [5.41, 5.74) is 6.35. The summed E-state index contributed by atoms with van der Waals surface area (Å²) in [6, 6.07) is 0. The van der Waals surface area contributed by atoms with E-state index in [0.717, 1.165) is 51.4 Å². The third kappa shape index (κ3) is 15.5. The first-order chi connectivity index (χ1) is 17.9. The van der Waals surface area contributed by atoms with Crippen LogP contribution in [-0.4, -0.2) is 6.61 Å². The van der Waals surface area contributed by atoms with Crippen molar-refractivity contribution in [1.82, 2.24) is 0 Å². The minimum absolute atomic E-state index is 0.0888. The zero-order valence-corrected chi connectivity index (χ0v) is 26.9. The SMILES string of the molecule is CC(C)=CCC/C(C)=C/CC/C(C)=C/[C@H]1[C@H](COP(=O)([O-])OP(=O)([O-])[O-])[C@@]1(C)CC/C=C(\C)CCC=C(C)C. The fourth-order valence-electron chi connectivity index (χ4n) is 4.92. The first-order valence-corrected chi connectivity index (χ1v) is 16.8. The van der Waals surface area contributed by atoms with Gasteiger partial charge in [-0.1, -0.05) is 65.2 Å². The average Bonchev–Trinajstić information content (AvgIpc) is 3.31. The topological polar surface area (TPSA) is 122 Å². The predicted octanol–water partition coefficient (Wildman–Crippen LogP) is 7.46. The van der Waals surface area contributed by atoms with Gasteiger partial charge in [0.2, 0.25) is 0 Å². The fraction of sp³-hybridized carbons (Fsp3) is 0.667. The van der Waals surface area contributed by atoms with Gasteiger partial charge in [-0.25, -0.2) is 0 Å². The molecule has 0 aromatic heterocycles. The van der Waals surface area contributed by atoms with Gasteiger partial charge < -0.3 is 23.8 Å². The third-order valence-corrected chi connectivity index (χ3v) is 9.46. The molecular weight excluding hydrogens is 534 g/mol. The van der Waals surface area contributed by atoms with Crippen LogP contribution in [0.1, 0.15) is 107 Å². The number of rotatable bonds is 18. The lowest BCUT2D eigenvalue weighted by molar-refractivity contribution is -0.339. The lowest BCUT2D eigenvalue weighted by atomic mass is 9.95. The van der Waals surface area contributed by atoms with Crippen molar-refractivity contribution < 1.29 is 32.6 Å². The van der Waals surface area contributed by atoms with Crippen LogP contribution >= 0.6 is 15.6 Å². The quantitative estimate of drug-likeness (QED) is 0.121. The molecular formula is C30H49O7P2-3. The van der Waals surface area contributed by atoms with E-state index < -0.39 is 15.6 Å².